The monoisotopic (exact) mass is 335 g/mol. The summed E-state index contributed by atoms with van der Waals surface area (Å²) in [5.41, 5.74) is 5.78. The molecule has 0 saturated heterocycles. The predicted octanol–water partition coefficient (Wildman–Crippen LogP) is 5.30. The third kappa shape index (κ3) is 2.89. The number of hydrogen-bond acceptors (Lipinski definition) is 2. The average molecular weight is 335 g/mol. The van der Waals surface area contributed by atoms with Crippen molar-refractivity contribution in [3.05, 3.63) is 90.3 Å². The lowest BCUT2D eigenvalue weighted by atomic mass is 10.0. The van der Waals surface area contributed by atoms with Gasteiger partial charge in [-0.05, 0) is 34.9 Å². The van der Waals surface area contributed by atoms with Crippen molar-refractivity contribution < 1.29 is 0 Å². The normalized spacial score (nSPS) is 11.5. The number of aromatic nitrogens is 2. The van der Waals surface area contributed by atoms with E-state index in [-0.39, 0.29) is 0 Å². The van der Waals surface area contributed by atoms with E-state index in [1.807, 2.05) is 72.3 Å². The van der Waals surface area contributed by atoms with E-state index in [1.165, 1.54) is 5.56 Å². The van der Waals surface area contributed by atoms with Crippen LogP contribution in [0.25, 0.3) is 33.8 Å². The van der Waals surface area contributed by atoms with Crippen LogP contribution >= 0.6 is 0 Å². The number of nitriles is 1. The van der Waals surface area contributed by atoms with E-state index in [9.17, 15) is 5.26 Å². The molecule has 124 valence electrons. The first-order chi connectivity index (χ1) is 12.8. The third-order valence-electron chi connectivity index (χ3n) is 4.48. The van der Waals surface area contributed by atoms with Gasteiger partial charge in [-0.25, -0.2) is 4.98 Å². The lowest BCUT2D eigenvalue weighted by Gasteiger charge is -2.03. The molecule has 0 fully saturated rings. The Kier molecular flexibility index (Phi) is 4.09. The van der Waals surface area contributed by atoms with E-state index in [1.54, 1.807) is 0 Å². The summed E-state index contributed by atoms with van der Waals surface area (Å²) in [4.78, 5) is 4.62. The van der Waals surface area contributed by atoms with Gasteiger partial charge in [-0.3, -0.25) is 0 Å². The predicted molar refractivity (Wildman–Crippen MR) is 106 cm³/mol. The van der Waals surface area contributed by atoms with Gasteiger partial charge in [0.05, 0.1) is 16.6 Å². The summed E-state index contributed by atoms with van der Waals surface area (Å²) in [6.45, 7) is 0. The number of para-hydroxylation sites is 2. The lowest BCUT2D eigenvalue weighted by molar-refractivity contribution is 0.925. The second kappa shape index (κ2) is 6.70. The van der Waals surface area contributed by atoms with Gasteiger partial charge >= 0.3 is 0 Å². The maximum absolute atomic E-state index is 9.65. The van der Waals surface area contributed by atoms with E-state index in [4.69, 9.17) is 0 Å². The molecule has 4 rings (SSSR count). The number of nitrogens with zero attached hydrogens (tertiary/aromatic N) is 3. The summed E-state index contributed by atoms with van der Waals surface area (Å²) >= 11 is 0. The molecule has 0 atom stereocenters. The van der Waals surface area contributed by atoms with Gasteiger partial charge in [-0.15, -0.1) is 0 Å². The van der Waals surface area contributed by atoms with Gasteiger partial charge in [0.15, 0.2) is 5.82 Å². The van der Waals surface area contributed by atoms with Crippen LogP contribution in [-0.4, -0.2) is 9.55 Å². The zero-order valence-corrected chi connectivity index (χ0v) is 14.4. The fourth-order valence-corrected chi connectivity index (χ4v) is 3.10. The largest absolute Gasteiger partial charge is 0.327 e. The van der Waals surface area contributed by atoms with Crippen LogP contribution in [0.5, 0.6) is 0 Å². The minimum atomic E-state index is 0.552. The Morgan fingerprint density at radius 2 is 1.54 bits per heavy atom. The molecule has 3 nitrogen and oxygen atoms in total. The van der Waals surface area contributed by atoms with Gasteiger partial charge in [0.1, 0.15) is 6.07 Å². The molecule has 0 aliphatic rings. The van der Waals surface area contributed by atoms with Crippen LogP contribution in [0, 0.1) is 11.3 Å². The quantitative estimate of drug-likeness (QED) is 0.476. The standard InChI is InChI=1S/C23H17N3/c1-26-22-10-6-5-9-21(22)25-23(26)20(16-24)15-17-11-13-19(14-12-17)18-7-3-2-4-8-18/h2-15H,1H3/b20-15+. The Morgan fingerprint density at radius 1 is 0.885 bits per heavy atom. The van der Waals surface area contributed by atoms with Crippen molar-refractivity contribution in [2.75, 3.05) is 0 Å². The molecule has 0 aliphatic heterocycles. The summed E-state index contributed by atoms with van der Waals surface area (Å²) in [5.74, 6) is 0.681. The van der Waals surface area contributed by atoms with Gasteiger partial charge in [0, 0.05) is 7.05 Å². The third-order valence-corrected chi connectivity index (χ3v) is 4.48. The van der Waals surface area contributed by atoms with Crippen LogP contribution in [0.1, 0.15) is 11.4 Å². The van der Waals surface area contributed by atoms with Crippen LogP contribution in [0.3, 0.4) is 0 Å². The molecule has 1 heterocycles. The van der Waals surface area contributed by atoms with Crippen molar-refractivity contribution in [2.24, 2.45) is 7.05 Å². The molecule has 0 aliphatic carbocycles. The first-order valence-corrected chi connectivity index (χ1v) is 8.45. The van der Waals surface area contributed by atoms with Gasteiger partial charge < -0.3 is 4.57 Å². The Balaban J connectivity index is 1.71. The zero-order valence-electron chi connectivity index (χ0n) is 14.4. The smallest absolute Gasteiger partial charge is 0.151 e. The molecule has 0 spiro atoms. The topological polar surface area (TPSA) is 41.6 Å². The maximum Gasteiger partial charge on any atom is 0.151 e. The molecule has 1 aromatic heterocycles. The van der Waals surface area contributed by atoms with Crippen LogP contribution in [0.2, 0.25) is 0 Å². The van der Waals surface area contributed by atoms with Crippen molar-refractivity contribution in [3.63, 3.8) is 0 Å². The molecule has 26 heavy (non-hydrogen) atoms. The van der Waals surface area contributed by atoms with Gasteiger partial charge in [-0.2, -0.15) is 5.26 Å². The number of benzene rings is 3. The molecule has 3 aromatic carbocycles. The number of hydrogen-bond donors (Lipinski definition) is 0. The highest BCUT2D eigenvalue weighted by Crippen LogP contribution is 2.24. The Bertz CT molecular complexity index is 1130. The number of imidazole rings is 1. The van der Waals surface area contributed by atoms with Gasteiger partial charge in [0.2, 0.25) is 0 Å². The molecule has 3 heteroatoms. The van der Waals surface area contributed by atoms with Crippen molar-refractivity contribution in [1.29, 1.82) is 5.26 Å². The van der Waals surface area contributed by atoms with Gasteiger partial charge in [-0.1, -0.05) is 66.7 Å². The fraction of sp³-hybridized carbons (Fsp3) is 0.0435. The molecular weight excluding hydrogens is 318 g/mol. The van der Waals surface area contributed by atoms with Crippen molar-refractivity contribution in [1.82, 2.24) is 9.55 Å². The SMILES string of the molecule is Cn1c(/C(C#N)=C/c2ccc(-c3ccccc3)cc2)nc2ccccc21. The Morgan fingerprint density at radius 3 is 2.23 bits per heavy atom. The highest BCUT2D eigenvalue weighted by molar-refractivity contribution is 5.91. The van der Waals surface area contributed by atoms with Crippen LogP contribution < -0.4 is 0 Å². The average Bonchev–Trinajstić information content (AvgIpc) is 3.04. The molecule has 0 saturated carbocycles. The van der Waals surface area contributed by atoms with E-state index in [0.29, 0.717) is 11.4 Å². The summed E-state index contributed by atoms with van der Waals surface area (Å²) in [6, 6.07) is 28.7. The molecule has 0 bridgehead atoms. The number of rotatable bonds is 3. The van der Waals surface area contributed by atoms with Crippen LogP contribution in [0.15, 0.2) is 78.9 Å². The van der Waals surface area contributed by atoms with Gasteiger partial charge in [0.25, 0.3) is 0 Å². The minimum Gasteiger partial charge on any atom is -0.327 e. The van der Waals surface area contributed by atoms with Crippen molar-refractivity contribution in [3.8, 4) is 17.2 Å². The first kappa shape index (κ1) is 15.9. The molecule has 0 unspecified atom stereocenters. The lowest BCUT2D eigenvalue weighted by Crippen LogP contribution is -1.96. The minimum absolute atomic E-state index is 0.552. The molecule has 0 amide bonds. The Hall–Kier alpha value is -3.64. The first-order valence-electron chi connectivity index (χ1n) is 8.45. The number of aryl methyl sites for hydroxylation is 1. The van der Waals surface area contributed by atoms with Crippen molar-refractivity contribution in [2.45, 2.75) is 0 Å². The summed E-state index contributed by atoms with van der Waals surface area (Å²) in [5, 5.41) is 9.65. The number of allylic oxidation sites excluding steroid dienone is 1. The molecular formula is C23H17N3. The Labute approximate surface area is 152 Å². The second-order valence-corrected chi connectivity index (χ2v) is 6.14. The summed E-state index contributed by atoms with van der Waals surface area (Å²) in [6.07, 6.45) is 1.88. The zero-order chi connectivity index (χ0) is 17.9. The molecule has 0 N–H and O–H groups in total. The summed E-state index contributed by atoms with van der Waals surface area (Å²) in [7, 11) is 1.94. The summed E-state index contributed by atoms with van der Waals surface area (Å²) < 4.78 is 1.96. The second-order valence-electron chi connectivity index (χ2n) is 6.14. The van der Waals surface area contributed by atoms with E-state index in [2.05, 4.69) is 35.3 Å². The molecule has 0 radical (unpaired) electrons. The van der Waals surface area contributed by atoms with E-state index < -0.39 is 0 Å². The van der Waals surface area contributed by atoms with Crippen LogP contribution in [-0.2, 0) is 7.05 Å². The number of fused-ring (bicyclic) bond motifs is 1. The fourth-order valence-electron chi connectivity index (χ4n) is 3.10. The molecule has 4 aromatic rings. The highest BCUT2D eigenvalue weighted by atomic mass is 15.1. The van der Waals surface area contributed by atoms with Crippen molar-refractivity contribution >= 4 is 22.7 Å². The van der Waals surface area contributed by atoms with Crippen LogP contribution in [0.4, 0.5) is 0 Å². The highest BCUT2D eigenvalue weighted by Gasteiger charge is 2.11. The van der Waals surface area contributed by atoms with E-state index in [0.717, 1.165) is 22.2 Å². The van der Waals surface area contributed by atoms with E-state index >= 15 is 0 Å². The maximum atomic E-state index is 9.65.